The zero-order chi connectivity index (χ0) is 20.4. The van der Waals surface area contributed by atoms with Gasteiger partial charge in [-0.1, -0.05) is 29.8 Å². The number of carbonyl (C=O) groups is 1. The van der Waals surface area contributed by atoms with Gasteiger partial charge in [-0.3, -0.25) is 4.79 Å². The lowest BCUT2D eigenvalue weighted by Gasteiger charge is -2.13. The molecule has 0 aliphatic carbocycles. The van der Waals surface area contributed by atoms with Crippen LogP contribution in [0.4, 0.5) is 5.13 Å². The molecule has 1 amide bonds. The third-order valence-corrected chi connectivity index (χ3v) is 8.94. The number of benzene rings is 1. The molecule has 0 radical (unpaired) electrons. The smallest absolute Gasteiger partial charge is 0.252 e. The maximum absolute atomic E-state index is 12.6. The Morgan fingerprint density at radius 2 is 1.86 bits per heavy atom. The molecule has 3 aromatic rings. The topological polar surface area (TPSA) is 79.4 Å². The molecule has 1 fully saturated rings. The van der Waals surface area contributed by atoms with Gasteiger partial charge in [0.2, 0.25) is 5.91 Å². The van der Waals surface area contributed by atoms with Crippen LogP contribution in [0, 0.1) is 6.92 Å². The summed E-state index contributed by atoms with van der Waals surface area (Å²) in [5, 5.41) is 5.25. The van der Waals surface area contributed by atoms with E-state index in [1.165, 1.54) is 21.2 Å². The first-order valence-corrected chi connectivity index (χ1v) is 12.5. The Balaban J connectivity index is 1.39. The van der Waals surface area contributed by atoms with Crippen molar-refractivity contribution in [3.63, 3.8) is 0 Å². The van der Waals surface area contributed by atoms with Crippen LogP contribution in [0.2, 0.25) is 0 Å². The summed E-state index contributed by atoms with van der Waals surface area (Å²) in [6.45, 7) is 3.18. The molecule has 1 aromatic carbocycles. The van der Waals surface area contributed by atoms with Gasteiger partial charge in [0.05, 0.1) is 12.1 Å². The van der Waals surface area contributed by atoms with Crippen LogP contribution in [0.25, 0.3) is 11.3 Å². The maximum Gasteiger partial charge on any atom is 0.252 e. The summed E-state index contributed by atoms with van der Waals surface area (Å²) in [4.78, 5) is 17.6. The van der Waals surface area contributed by atoms with E-state index in [1.54, 1.807) is 12.1 Å². The average molecular weight is 448 g/mol. The van der Waals surface area contributed by atoms with Gasteiger partial charge in [0.25, 0.3) is 10.0 Å². The molecule has 9 heteroatoms. The molecule has 1 saturated heterocycles. The Hall–Kier alpha value is -2.07. The highest BCUT2D eigenvalue weighted by atomic mass is 32.2. The van der Waals surface area contributed by atoms with Crippen molar-refractivity contribution in [2.24, 2.45) is 0 Å². The van der Waals surface area contributed by atoms with Crippen LogP contribution < -0.4 is 5.32 Å². The first-order chi connectivity index (χ1) is 13.9. The van der Waals surface area contributed by atoms with Crippen molar-refractivity contribution >= 4 is 43.7 Å². The highest BCUT2D eigenvalue weighted by Gasteiger charge is 2.28. The van der Waals surface area contributed by atoms with Crippen molar-refractivity contribution in [1.82, 2.24) is 9.29 Å². The Morgan fingerprint density at radius 1 is 1.14 bits per heavy atom. The van der Waals surface area contributed by atoms with E-state index in [4.69, 9.17) is 0 Å². The minimum atomic E-state index is -3.43. The predicted octanol–water partition coefficient (Wildman–Crippen LogP) is 4.15. The Labute approximate surface area is 178 Å². The van der Waals surface area contributed by atoms with Crippen LogP contribution in [-0.2, 0) is 21.2 Å². The number of carbonyl (C=O) groups excluding carboxylic acids is 1. The van der Waals surface area contributed by atoms with Crippen LogP contribution in [0.15, 0.2) is 46.0 Å². The maximum atomic E-state index is 12.6. The number of hydrogen-bond acceptors (Lipinski definition) is 6. The van der Waals surface area contributed by atoms with Crippen molar-refractivity contribution in [2.75, 3.05) is 18.4 Å². The van der Waals surface area contributed by atoms with Gasteiger partial charge in [-0.25, -0.2) is 13.4 Å². The molecule has 1 aliphatic rings. The normalized spacial score (nSPS) is 14.9. The third-order valence-electron chi connectivity index (χ3n) is 4.73. The van der Waals surface area contributed by atoms with Crippen molar-refractivity contribution in [3.8, 4) is 11.3 Å². The highest BCUT2D eigenvalue weighted by Crippen LogP contribution is 2.28. The number of thiophene rings is 1. The summed E-state index contributed by atoms with van der Waals surface area (Å²) in [5.41, 5.74) is 3.00. The number of sulfonamides is 1. The Kier molecular flexibility index (Phi) is 5.82. The van der Waals surface area contributed by atoms with E-state index in [0.717, 1.165) is 40.3 Å². The predicted molar refractivity (Wildman–Crippen MR) is 117 cm³/mol. The molecular formula is C20H21N3O3S3. The van der Waals surface area contributed by atoms with Crippen LogP contribution in [-0.4, -0.2) is 36.7 Å². The van der Waals surface area contributed by atoms with E-state index in [9.17, 15) is 13.2 Å². The zero-order valence-electron chi connectivity index (χ0n) is 15.9. The van der Waals surface area contributed by atoms with E-state index >= 15 is 0 Å². The van der Waals surface area contributed by atoms with Crippen molar-refractivity contribution in [3.05, 3.63) is 52.2 Å². The van der Waals surface area contributed by atoms with Crippen LogP contribution >= 0.6 is 22.7 Å². The standard InChI is InChI=1S/C20H21N3O3S3/c1-14-4-6-15(7-5-14)17-13-27-20(21-17)22-18(24)12-16-8-9-19(28-16)29(25,26)23-10-2-3-11-23/h4-9,13H,2-3,10-12H2,1H3,(H,21,22,24). The SMILES string of the molecule is Cc1ccc(-c2csc(NC(=O)Cc3ccc(S(=O)(=O)N4CCCC4)s3)n2)cc1. The summed E-state index contributed by atoms with van der Waals surface area (Å²) < 4.78 is 27.0. The van der Waals surface area contributed by atoms with Crippen LogP contribution in [0.3, 0.4) is 0 Å². The molecule has 0 bridgehead atoms. The number of nitrogens with zero attached hydrogens (tertiary/aromatic N) is 2. The summed E-state index contributed by atoms with van der Waals surface area (Å²) in [6.07, 6.45) is 1.93. The molecule has 4 rings (SSSR count). The van der Waals surface area contributed by atoms with Gasteiger partial charge >= 0.3 is 0 Å². The lowest BCUT2D eigenvalue weighted by Crippen LogP contribution is -2.27. The molecule has 2 aromatic heterocycles. The van der Waals surface area contributed by atoms with Gasteiger partial charge in [0.15, 0.2) is 5.13 Å². The van der Waals surface area contributed by atoms with E-state index in [2.05, 4.69) is 10.3 Å². The number of rotatable bonds is 6. The Morgan fingerprint density at radius 3 is 2.59 bits per heavy atom. The molecule has 0 unspecified atom stereocenters. The molecular weight excluding hydrogens is 426 g/mol. The molecule has 0 saturated carbocycles. The van der Waals surface area contributed by atoms with Gasteiger partial charge in [-0.15, -0.1) is 22.7 Å². The summed E-state index contributed by atoms with van der Waals surface area (Å²) in [5.74, 6) is -0.207. The quantitative estimate of drug-likeness (QED) is 0.616. The molecule has 1 N–H and O–H groups in total. The molecule has 152 valence electrons. The average Bonchev–Trinajstić information content (AvgIpc) is 3.44. The zero-order valence-corrected chi connectivity index (χ0v) is 18.4. The van der Waals surface area contributed by atoms with Gasteiger partial charge in [-0.2, -0.15) is 4.31 Å². The van der Waals surface area contributed by atoms with Gasteiger partial charge in [0.1, 0.15) is 4.21 Å². The van der Waals surface area contributed by atoms with Crippen LogP contribution in [0.5, 0.6) is 0 Å². The van der Waals surface area contributed by atoms with Crippen LogP contribution in [0.1, 0.15) is 23.3 Å². The molecule has 29 heavy (non-hydrogen) atoms. The highest BCUT2D eigenvalue weighted by molar-refractivity contribution is 7.91. The number of aryl methyl sites for hydroxylation is 1. The largest absolute Gasteiger partial charge is 0.302 e. The summed E-state index contributed by atoms with van der Waals surface area (Å²) >= 11 is 2.53. The summed E-state index contributed by atoms with van der Waals surface area (Å²) in [6, 6.07) is 11.4. The number of anilines is 1. The fourth-order valence-corrected chi connectivity index (χ4v) is 6.92. The molecule has 6 nitrogen and oxygen atoms in total. The second kappa shape index (κ2) is 8.35. The lowest BCUT2D eigenvalue weighted by atomic mass is 10.1. The minimum absolute atomic E-state index is 0.125. The van der Waals surface area contributed by atoms with E-state index in [0.29, 0.717) is 22.4 Å². The molecule has 3 heterocycles. The molecule has 0 spiro atoms. The molecule has 1 aliphatic heterocycles. The number of hydrogen-bond donors (Lipinski definition) is 1. The second-order valence-electron chi connectivity index (χ2n) is 6.96. The van der Waals surface area contributed by atoms with E-state index < -0.39 is 10.0 Å². The second-order valence-corrected chi connectivity index (χ2v) is 11.2. The fourth-order valence-electron chi connectivity index (χ4n) is 3.16. The van der Waals surface area contributed by atoms with Crippen molar-refractivity contribution in [1.29, 1.82) is 0 Å². The van der Waals surface area contributed by atoms with Crippen molar-refractivity contribution < 1.29 is 13.2 Å². The summed E-state index contributed by atoms with van der Waals surface area (Å²) in [7, 11) is -3.43. The van der Waals surface area contributed by atoms with E-state index in [1.807, 2.05) is 36.6 Å². The van der Waals surface area contributed by atoms with Crippen molar-refractivity contribution in [2.45, 2.75) is 30.4 Å². The Bertz CT molecular complexity index is 1110. The van der Waals surface area contributed by atoms with Gasteiger partial charge in [-0.05, 0) is 31.9 Å². The lowest BCUT2D eigenvalue weighted by molar-refractivity contribution is -0.115. The fraction of sp³-hybridized carbons (Fsp3) is 0.300. The van der Waals surface area contributed by atoms with Gasteiger partial charge < -0.3 is 5.32 Å². The van der Waals surface area contributed by atoms with E-state index in [-0.39, 0.29) is 12.3 Å². The third kappa shape index (κ3) is 4.58. The number of amides is 1. The minimum Gasteiger partial charge on any atom is -0.302 e. The number of nitrogens with one attached hydrogen (secondary N) is 1. The van der Waals surface area contributed by atoms with Gasteiger partial charge in [0, 0.05) is 28.9 Å². The monoisotopic (exact) mass is 447 g/mol. The first kappa shape index (κ1) is 20.2. The first-order valence-electron chi connectivity index (χ1n) is 9.33. The molecule has 0 atom stereocenters. The number of aromatic nitrogens is 1. The number of thiazole rings is 1.